The fourth-order valence-corrected chi connectivity index (χ4v) is 9.11. The number of hydrogen-bond acceptors (Lipinski definition) is 8. The van der Waals surface area contributed by atoms with Gasteiger partial charge in [-0.3, -0.25) is 28.8 Å². The summed E-state index contributed by atoms with van der Waals surface area (Å²) in [5.41, 5.74) is -1.74. The van der Waals surface area contributed by atoms with Gasteiger partial charge in [0.15, 0.2) is 5.78 Å². The molecule has 0 aromatic heterocycles. The van der Waals surface area contributed by atoms with E-state index < -0.39 is 76.6 Å². The normalized spacial score (nSPS) is 23.8. The van der Waals surface area contributed by atoms with Gasteiger partial charge in [0.25, 0.3) is 5.91 Å². The van der Waals surface area contributed by atoms with E-state index in [2.05, 4.69) is 35.1 Å². The van der Waals surface area contributed by atoms with Gasteiger partial charge < -0.3 is 30.9 Å². The average Bonchev–Trinajstić information content (AvgIpc) is 3.60. The molecule has 5 atom stereocenters. The standard InChI is InChI=1S/C39H55N5O8.C3H8/c1-37(2,3)52-36(51)43-31-32(47)39(38(31)19-10-7-11-20-38)21-13-18-26(39)33(48)41-27(22-24-14-12-15-24)30(46)34(49)40-23-28(45)42-29(35(50)44(4)5)25-16-8-6-9-17-25;1-3-2/h6,8-9,16-17,24,26-27,29,31H,7,10-15,18-23H2,1-5H3,(H,40,49)(H,41,48)(H,42,45)(H,43,51);3H2,1-2H3. The topological polar surface area (TPSA) is 180 Å². The van der Waals surface area contributed by atoms with Crippen molar-refractivity contribution in [3.05, 3.63) is 35.9 Å². The summed E-state index contributed by atoms with van der Waals surface area (Å²) in [5.74, 6) is -4.03. The molecule has 0 saturated heterocycles. The first-order valence-electron chi connectivity index (χ1n) is 20.2. The number of Topliss-reactive ketones (excluding diaryl/α,β-unsaturated/α-hetero) is 2. The molecule has 13 nitrogen and oxygen atoms in total. The third kappa shape index (κ3) is 9.75. The first-order chi connectivity index (χ1) is 26.0. The average molecular weight is 766 g/mol. The Morgan fingerprint density at radius 2 is 1.51 bits per heavy atom. The Morgan fingerprint density at radius 3 is 2.07 bits per heavy atom. The van der Waals surface area contributed by atoms with Crippen LogP contribution in [0, 0.1) is 22.7 Å². The fraction of sp³-hybridized carbons (Fsp3) is 0.690. The van der Waals surface area contributed by atoms with Crippen LogP contribution in [0.15, 0.2) is 30.3 Å². The molecule has 4 aliphatic carbocycles. The summed E-state index contributed by atoms with van der Waals surface area (Å²) in [6, 6.07) is 5.84. The molecular weight excluding hydrogens is 702 g/mol. The van der Waals surface area contributed by atoms with E-state index in [1.54, 1.807) is 65.2 Å². The number of nitrogens with one attached hydrogen (secondary N) is 4. The Kier molecular flexibility index (Phi) is 14.7. The monoisotopic (exact) mass is 765 g/mol. The molecule has 0 aliphatic heterocycles. The number of ether oxygens (including phenoxy) is 1. The van der Waals surface area contributed by atoms with E-state index in [9.17, 15) is 33.6 Å². The van der Waals surface area contributed by atoms with Crippen molar-refractivity contribution in [1.29, 1.82) is 0 Å². The minimum Gasteiger partial charge on any atom is -0.444 e. The van der Waals surface area contributed by atoms with E-state index in [0.29, 0.717) is 37.7 Å². The summed E-state index contributed by atoms with van der Waals surface area (Å²) in [6.07, 6.45) is 9.40. The molecule has 2 spiro atoms. The highest BCUT2D eigenvalue weighted by Gasteiger charge is 2.76. The summed E-state index contributed by atoms with van der Waals surface area (Å²) in [4.78, 5) is 95.4. The Balaban J connectivity index is 0.00000217. The third-order valence-electron chi connectivity index (χ3n) is 11.7. The van der Waals surface area contributed by atoms with Crippen molar-refractivity contribution in [2.45, 2.75) is 142 Å². The molecule has 4 fully saturated rings. The van der Waals surface area contributed by atoms with Gasteiger partial charge in [-0.1, -0.05) is 95.5 Å². The minimum absolute atomic E-state index is 0.156. The first kappa shape index (κ1) is 43.4. The maximum absolute atomic E-state index is 14.2. The second-order valence-electron chi connectivity index (χ2n) is 17.1. The zero-order chi connectivity index (χ0) is 40.6. The molecule has 5 unspecified atom stereocenters. The molecule has 1 aromatic rings. The SMILES string of the molecule is CCC.CN(C)C(=O)C(NC(=O)CNC(=O)C(=O)C(CC1CCC1)NC(=O)C1CCCC12C(=O)C(NC(=O)OC(C)(C)C)C21CCCCC1)c1ccccc1. The quantitative estimate of drug-likeness (QED) is 0.217. The summed E-state index contributed by atoms with van der Waals surface area (Å²) in [5, 5.41) is 10.8. The van der Waals surface area contributed by atoms with Crippen molar-refractivity contribution in [1.82, 2.24) is 26.2 Å². The molecule has 4 aliphatic rings. The Morgan fingerprint density at radius 1 is 0.873 bits per heavy atom. The molecule has 4 N–H and O–H groups in total. The van der Waals surface area contributed by atoms with Crippen LogP contribution in [-0.4, -0.2) is 84.5 Å². The number of alkyl carbamates (subject to hydrolysis) is 1. The number of benzene rings is 1. The predicted octanol–water partition coefficient (Wildman–Crippen LogP) is 4.92. The predicted molar refractivity (Wildman–Crippen MR) is 207 cm³/mol. The van der Waals surface area contributed by atoms with Crippen LogP contribution >= 0.6 is 0 Å². The molecular formula is C42H63N5O8. The van der Waals surface area contributed by atoms with Gasteiger partial charge in [0.2, 0.25) is 23.5 Å². The number of amides is 5. The maximum Gasteiger partial charge on any atom is 0.408 e. The van der Waals surface area contributed by atoms with Crippen LogP contribution in [0.3, 0.4) is 0 Å². The molecule has 0 bridgehead atoms. The highest BCUT2D eigenvalue weighted by atomic mass is 16.6. The molecule has 5 amide bonds. The number of ketones is 2. The van der Waals surface area contributed by atoms with Crippen molar-refractivity contribution in [3.8, 4) is 0 Å². The highest BCUT2D eigenvalue weighted by Crippen LogP contribution is 2.69. The Labute approximate surface area is 326 Å². The van der Waals surface area contributed by atoms with E-state index >= 15 is 0 Å². The van der Waals surface area contributed by atoms with E-state index in [0.717, 1.165) is 38.5 Å². The number of fused-ring (bicyclic) bond motifs is 1. The Bertz CT molecular complexity index is 1560. The smallest absolute Gasteiger partial charge is 0.408 e. The van der Waals surface area contributed by atoms with Crippen molar-refractivity contribution >= 4 is 41.3 Å². The zero-order valence-electron chi connectivity index (χ0n) is 33.9. The van der Waals surface area contributed by atoms with Crippen LogP contribution in [0.2, 0.25) is 0 Å². The lowest BCUT2D eigenvalue weighted by Gasteiger charge is -2.65. The van der Waals surface area contributed by atoms with Gasteiger partial charge in [-0.15, -0.1) is 0 Å². The van der Waals surface area contributed by atoms with Gasteiger partial charge >= 0.3 is 6.09 Å². The van der Waals surface area contributed by atoms with Crippen LogP contribution < -0.4 is 21.3 Å². The molecule has 55 heavy (non-hydrogen) atoms. The fourth-order valence-electron chi connectivity index (χ4n) is 9.11. The highest BCUT2D eigenvalue weighted by molar-refractivity contribution is 6.38. The van der Waals surface area contributed by atoms with Gasteiger partial charge in [-0.2, -0.15) is 0 Å². The van der Waals surface area contributed by atoms with Crippen LogP contribution in [0.1, 0.15) is 130 Å². The van der Waals surface area contributed by atoms with Crippen molar-refractivity contribution in [3.63, 3.8) is 0 Å². The number of carbonyl (C=O) groups excluding carboxylic acids is 7. The summed E-state index contributed by atoms with van der Waals surface area (Å²) in [6.45, 7) is 8.98. The van der Waals surface area contributed by atoms with Gasteiger partial charge in [-0.25, -0.2) is 4.79 Å². The van der Waals surface area contributed by atoms with Crippen molar-refractivity contribution < 1.29 is 38.3 Å². The zero-order valence-corrected chi connectivity index (χ0v) is 33.9. The molecule has 1 aromatic carbocycles. The van der Waals surface area contributed by atoms with E-state index in [1.807, 2.05) is 0 Å². The number of hydrogen-bond donors (Lipinski definition) is 4. The van der Waals surface area contributed by atoms with Crippen molar-refractivity contribution in [2.75, 3.05) is 20.6 Å². The lowest BCUT2D eigenvalue weighted by molar-refractivity contribution is -0.186. The lowest BCUT2D eigenvalue weighted by Crippen LogP contribution is -2.77. The molecule has 304 valence electrons. The van der Waals surface area contributed by atoms with Gasteiger partial charge in [-0.05, 0) is 64.4 Å². The summed E-state index contributed by atoms with van der Waals surface area (Å²) >= 11 is 0. The Hall–Kier alpha value is -4.29. The first-order valence-corrected chi connectivity index (χ1v) is 20.2. The lowest BCUT2D eigenvalue weighted by atomic mass is 9.38. The maximum atomic E-state index is 14.2. The van der Waals surface area contributed by atoms with E-state index in [1.165, 1.54) is 11.3 Å². The second kappa shape index (κ2) is 18.6. The summed E-state index contributed by atoms with van der Waals surface area (Å²) < 4.78 is 5.50. The van der Waals surface area contributed by atoms with Crippen LogP contribution in [0.5, 0.6) is 0 Å². The number of nitrogens with zero attached hydrogens (tertiary/aromatic N) is 1. The molecule has 5 rings (SSSR count). The minimum atomic E-state index is -1.13. The van der Waals surface area contributed by atoms with Crippen LogP contribution in [0.4, 0.5) is 4.79 Å². The van der Waals surface area contributed by atoms with E-state index in [4.69, 9.17) is 4.74 Å². The largest absolute Gasteiger partial charge is 0.444 e. The van der Waals surface area contributed by atoms with Crippen LogP contribution in [-0.2, 0) is 33.5 Å². The van der Waals surface area contributed by atoms with Crippen molar-refractivity contribution in [2.24, 2.45) is 22.7 Å². The number of carbonyl (C=O) groups is 7. The third-order valence-corrected chi connectivity index (χ3v) is 11.7. The van der Waals surface area contributed by atoms with Crippen LogP contribution in [0.25, 0.3) is 0 Å². The number of rotatable bonds is 12. The molecule has 4 saturated carbocycles. The van der Waals surface area contributed by atoms with Gasteiger partial charge in [0, 0.05) is 19.5 Å². The number of likely N-dealkylation sites (N-methyl/N-ethyl adjacent to an activating group) is 1. The van der Waals surface area contributed by atoms with E-state index in [-0.39, 0.29) is 24.0 Å². The second-order valence-corrected chi connectivity index (χ2v) is 17.1. The van der Waals surface area contributed by atoms with Gasteiger partial charge in [0.05, 0.1) is 30.0 Å². The molecule has 0 radical (unpaired) electrons. The van der Waals surface area contributed by atoms with Gasteiger partial charge in [0.1, 0.15) is 11.6 Å². The summed E-state index contributed by atoms with van der Waals surface area (Å²) in [7, 11) is 3.15. The molecule has 13 heteroatoms. The molecule has 0 heterocycles.